The van der Waals surface area contributed by atoms with E-state index in [0.29, 0.717) is 19.4 Å². The zero-order valence-electron chi connectivity index (χ0n) is 12.8. The zero-order chi connectivity index (χ0) is 17.9. The lowest BCUT2D eigenvalue weighted by Crippen LogP contribution is -2.39. The van der Waals surface area contributed by atoms with Gasteiger partial charge in [0.25, 0.3) is 0 Å². The first-order chi connectivity index (χ1) is 11.0. The minimum absolute atomic E-state index is 0.0363. The Kier molecular flexibility index (Phi) is 3.91. The molecule has 0 unspecified atom stereocenters. The molecule has 2 aliphatic rings. The van der Waals surface area contributed by atoms with Crippen molar-refractivity contribution in [3.63, 3.8) is 0 Å². The highest BCUT2D eigenvalue weighted by molar-refractivity contribution is 7.90. The second kappa shape index (κ2) is 5.45. The number of fused-ring (bicyclic) bond motifs is 1. The summed E-state index contributed by atoms with van der Waals surface area (Å²) in [5.41, 5.74) is -1.33. The topological polar surface area (TPSA) is 74.7 Å². The smallest absolute Gasteiger partial charge is 0.344 e. The number of carbonyl (C=O) groups is 1. The third-order valence-electron chi connectivity index (χ3n) is 4.42. The number of aliphatic hydroxyl groups is 1. The van der Waals surface area contributed by atoms with Crippen LogP contribution in [0.2, 0.25) is 0 Å². The number of β-amino-alcohol motifs (C(OH)–C–C–N with tert-alkyl or cyclic N) is 1. The number of hydrogen-bond donors (Lipinski definition) is 1. The Morgan fingerprint density at radius 2 is 2.00 bits per heavy atom. The van der Waals surface area contributed by atoms with E-state index in [2.05, 4.69) is 0 Å². The van der Waals surface area contributed by atoms with E-state index in [9.17, 15) is 31.5 Å². The molecule has 0 saturated carbocycles. The minimum atomic E-state index is -4.30. The molecule has 1 aliphatic heterocycles. The maximum Gasteiger partial charge on any atom is 0.344 e. The molecule has 5 nitrogen and oxygen atoms in total. The Bertz CT molecular complexity index is 809. The van der Waals surface area contributed by atoms with Crippen molar-refractivity contribution in [2.75, 3.05) is 24.2 Å². The highest BCUT2D eigenvalue weighted by atomic mass is 32.2. The highest BCUT2D eigenvalue weighted by Gasteiger charge is 2.59. The Labute approximate surface area is 137 Å². The summed E-state index contributed by atoms with van der Waals surface area (Å²) in [5, 5.41) is 9.75. The first-order valence-electron chi connectivity index (χ1n) is 7.41. The zero-order valence-corrected chi connectivity index (χ0v) is 13.6. The lowest BCUT2D eigenvalue weighted by atomic mass is 10.0. The third-order valence-corrected chi connectivity index (χ3v) is 5.56. The number of nitrogens with zero attached hydrogens (tertiary/aromatic N) is 1. The first-order valence-corrected chi connectivity index (χ1v) is 9.31. The van der Waals surface area contributed by atoms with Crippen LogP contribution < -0.4 is 4.90 Å². The molecule has 1 aromatic rings. The maximum absolute atomic E-state index is 14.4. The van der Waals surface area contributed by atoms with Gasteiger partial charge in [-0.15, -0.1) is 0 Å². The number of Topliss-reactive ketones (excluding diaryl/α,β-unsaturated/α-hetero) is 1. The van der Waals surface area contributed by atoms with Crippen LogP contribution in [0.1, 0.15) is 34.9 Å². The van der Waals surface area contributed by atoms with Crippen molar-refractivity contribution in [3.8, 4) is 0 Å². The number of carbonyl (C=O) groups excluding carboxylic acids is 1. The van der Waals surface area contributed by atoms with Crippen LogP contribution in [-0.4, -0.2) is 50.7 Å². The van der Waals surface area contributed by atoms with E-state index in [4.69, 9.17) is 0 Å². The summed E-state index contributed by atoms with van der Waals surface area (Å²) in [6.07, 6.45) is -1.71. The fraction of sp³-hybridized carbons (Fsp3) is 0.533. The van der Waals surface area contributed by atoms with E-state index in [0.717, 1.165) is 12.3 Å². The van der Waals surface area contributed by atoms with Gasteiger partial charge in [-0.1, -0.05) is 0 Å². The van der Waals surface area contributed by atoms with Crippen molar-refractivity contribution < 1.29 is 31.5 Å². The Morgan fingerprint density at radius 1 is 1.33 bits per heavy atom. The van der Waals surface area contributed by atoms with Crippen LogP contribution >= 0.6 is 0 Å². The molecule has 0 spiro atoms. The molecule has 1 saturated heterocycles. The summed E-state index contributed by atoms with van der Waals surface area (Å²) in [5.74, 6) is -6.11. The summed E-state index contributed by atoms with van der Waals surface area (Å²) in [7, 11) is -3.98. The number of benzene rings is 1. The molecule has 3 rings (SSSR count). The van der Waals surface area contributed by atoms with Crippen LogP contribution in [0.3, 0.4) is 0 Å². The fourth-order valence-corrected chi connectivity index (χ4v) is 4.19. The molecule has 1 fully saturated rings. The number of alkyl halides is 3. The SMILES string of the molecule is CS(=O)(=O)c1ccc(N2CCC[C@H](O)C2)c2c1C(=O)C(F)(F)[C@@H]2F. The average molecular weight is 363 g/mol. The third kappa shape index (κ3) is 2.50. The maximum atomic E-state index is 14.4. The van der Waals surface area contributed by atoms with E-state index in [1.807, 2.05) is 0 Å². The molecule has 9 heteroatoms. The monoisotopic (exact) mass is 363 g/mol. The number of rotatable bonds is 2. The molecule has 24 heavy (non-hydrogen) atoms. The van der Waals surface area contributed by atoms with Crippen molar-refractivity contribution >= 4 is 21.3 Å². The number of hydrogen-bond acceptors (Lipinski definition) is 5. The lowest BCUT2D eigenvalue weighted by Gasteiger charge is -2.33. The van der Waals surface area contributed by atoms with Crippen LogP contribution in [0.4, 0.5) is 18.9 Å². The Morgan fingerprint density at radius 3 is 2.58 bits per heavy atom. The molecule has 0 radical (unpaired) electrons. The highest BCUT2D eigenvalue weighted by Crippen LogP contribution is 2.51. The van der Waals surface area contributed by atoms with Crippen LogP contribution in [-0.2, 0) is 9.84 Å². The van der Waals surface area contributed by atoms with Crippen molar-refractivity contribution in [1.82, 2.24) is 0 Å². The van der Waals surface area contributed by atoms with E-state index >= 15 is 0 Å². The number of anilines is 1. The van der Waals surface area contributed by atoms with Gasteiger partial charge in [-0.2, -0.15) is 8.78 Å². The predicted octanol–water partition coefficient (Wildman–Crippen LogP) is 1.89. The van der Waals surface area contributed by atoms with Crippen LogP contribution in [0.25, 0.3) is 0 Å². The first kappa shape index (κ1) is 17.2. The fourth-order valence-electron chi connectivity index (χ4n) is 3.30. The summed E-state index contributed by atoms with van der Waals surface area (Å²) in [6, 6.07) is 2.28. The normalized spacial score (nSPS) is 26.5. The van der Waals surface area contributed by atoms with Gasteiger partial charge in [0.05, 0.1) is 16.6 Å². The van der Waals surface area contributed by atoms with Gasteiger partial charge in [-0.3, -0.25) is 4.79 Å². The van der Waals surface area contributed by atoms with Gasteiger partial charge in [0, 0.05) is 30.6 Å². The Balaban J connectivity index is 2.24. The molecule has 132 valence electrons. The molecule has 1 N–H and O–H groups in total. The average Bonchev–Trinajstić information content (AvgIpc) is 2.67. The van der Waals surface area contributed by atoms with Crippen LogP contribution in [0.15, 0.2) is 17.0 Å². The number of piperidine rings is 1. The largest absolute Gasteiger partial charge is 0.391 e. The van der Waals surface area contributed by atoms with Gasteiger partial charge >= 0.3 is 5.92 Å². The second-order valence-corrected chi connectivity index (χ2v) is 8.18. The predicted molar refractivity (Wildman–Crippen MR) is 80.1 cm³/mol. The quantitative estimate of drug-likeness (QED) is 0.869. The molecule has 0 amide bonds. The summed E-state index contributed by atoms with van der Waals surface area (Å²) >= 11 is 0. The molecule has 1 aromatic carbocycles. The van der Waals surface area contributed by atoms with Crippen molar-refractivity contribution in [1.29, 1.82) is 0 Å². The van der Waals surface area contributed by atoms with Gasteiger partial charge in [-0.25, -0.2) is 12.8 Å². The standard InChI is InChI=1S/C15H16F3NO4S/c1-24(22,23)10-5-4-9(19-6-2-3-8(20)7-19)11-12(10)14(21)15(17,18)13(11)16/h4-5,8,13,20H,2-3,6-7H2,1H3/t8-,13+/m0/s1. The van der Waals surface area contributed by atoms with E-state index in [1.165, 1.54) is 11.0 Å². The molecule has 1 heterocycles. The molecular weight excluding hydrogens is 347 g/mol. The summed E-state index contributed by atoms with van der Waals surface area (Å²) in [6.45, 7) is 0.505. The van der Waals surface area contributed by atoms with E-state index in [1.54, 1.807) is 0 Å². The molecule has 2 atom stereocenters. The molecule has 0 aromatic heterocycles. The molecule has 0 bridgehead atoms. The van der Waals surface area contributed by atoms with Gasteiger partial charge in [-0.05, 0) is 25.0 Å². The van der Waals surface area contributed by atoms with E-state index < -0.39 is 49.8 Å². The number of aliphatic hydroxyl groups excluding tert-OH is 1. The number of ketones is 1. The Hall–Kier alpha value is -1.61. The lowest BCUT2D eigenvalue weighted by molar-refractivity contribution is -0.0363. The summed E-state index contributed by atoms with van der Waals surface area (Å²) in [4.78, 5) is 12.9. The van der Waals surface area contributed by atoms with Crippen molar-refractivity contribution in [2.45, 2.75) is 35.9 Å². The minimum Gasteiger partial charge on any atom is -0.391 e. The number of sulfone groups is 1. The van der Waals surface area contributed by atoms with Crippen LogP contribution in [0.5, 0.6) is 0 Å². The van der Waals surface area contributed by atoms with Gasteiger partial charge < -0.3 is 10.0 Å². The number of halogens is 3. The second-order valence-electron chi connectivity index (χ2n) is 6.20. The van der Waals surface area contributed by atoms with Gasteiger partial charge in [0.1, 0.15) is 0 Å². The molecule has 1 aliphatic carbocycles. The van der Waals surface area contributed by atoms with Gasteiger partial charge in [0.2, 0.25) is 5.78 Å². The summed E-state index contributed by atoms with van der Waals surface area (Å²) < 4.78 is 65.9. The van der Waals surface area contributed by atoms with Crippen molar-refractivity contribution in [2.24, 2.45) is 0 Å². The van der Waals surface area contributed by atoms with Crippen molar-refractivity contribution in [3.05, 3.63) is 23.3 Å². The van der Waals surface area contributed by atoms with Gasteiger partial charge in [0.15, 0.2) is 16.0 Å². The van der Waals surface area contributed by atoms with Crippen LogP contribution in [0, 0.1) is 0 Å². The molecular formula is C15H16F3NO4S. The van der Waals surface area contributed by atoms with E-state index in [-0.39, 0.29) is 12.2 Å².